The number of anilines is 2. The minimum absolute atomic E-state index is 0.274. The van der Waals surface area contributed by atoms with Crippen LogP contribution in [-0.2, 0) is 24.7 Å². The van der Waals surface area contributed by atoms with Gasteiger partial charge in [0.05, 0.1) is 37.2 Å². The molecular formula is C24H28N2O5. The number of nitrogens with one attached hydrogen (secondary N) is 1. The third kappa shape index (κ3) is 5.54. The van der Waals surface area contributed by atoms with Gasteiger partial charge >= 0.3 is 0 Å². The molecule has 0 aromatic heterocycles. The summed E-state index contributed by atoms with van der Waals surface area (Å²) < 4.78 is 28.4. The van der Waals surface area contributed by atoms with Gasteiger partial charge in [0.2, 0.25) is 0 Å². The van der Waals surface area contributed by atoms with Crippen LogP contribution in [0.1, 0.15) is 30.9 Å². The molecule has 2 aromatic carbocycles. The standard InChI is InChI=1S/C24H28N2O5/c1-24(30-14-15-31-24)19-3-2-18(17-25)23(16-19)26-20-4-6-21(7-5-20)28-12-13-29-22-8-10-27-11-9-22/h2-7,16,22,26H,8-15H2,1H3. The van der Waals surface area contributed by atoms with Crippen molar-refractivity contribution in [3.63, 3.8) is 0 Å². The lowest BCUT2D eigenvalue weighted by atomic mass is 10.0. The molecule has 0 radical (unpaired) electrons. The molecule has 1 N–H and O–H groups in total. The quantitative estimate of drug-likeness (QED) is 0.639. The van der Waals surface area contributed by atoms with Gasteiger partial charge in [-0.05, 0) is 56.2 Å². The molecule has 2 aliphatic heterocycles. The van der Waals surface area contributed by atoms with Crippen molar-refractivity contribution in [2.75, 3.05) is 45.0 Å². The molecule has 0 atom stereocenters. The summed E-state index contributed by atoms with van der Waals surface area (Å²) in [4.78, 5) is 0. The molecule has 4 rings (SSSR count). The van der Waals surface area contributed by atoms with Crippen LogP contribution in [0.5, 0.6) is 5.75 Å². The minimum Gasteiger partial charge on any atom is -0.491 e. The normalized spacial score (nSPS) is 18.5. The van der Waals surface area contributed by atoms with E-state index in [9.17, 15) is 5.26 Å². The summed E-state index contributed by atoms with van der Waals surface area (Å²) in [5.41, 5.74) is 2.99. The summed E-state index contributed by atoms with van der Waals surface area (Å²) in [6, 6.07) is 15.4. The van der Waals surface area contributed by atoms with E-state index in [2.05, 4.69) is 11.4 Å². The van der Waals surface area contributed by atoms with Gasteiger partial charge in [-0.1, -0.05) is 6.07 Å². The highest BCUT2D eigenvalue weighted by molar-refractivity contribution is 5.68. The molecule has 0 amide bonds. The van der Waals surface area contributed by atoms with Crippen LogP contribution in [0.3, 0.4) is 0 Å². The zero-order valence-corrected chi connectivity index (χ0v) is 17.8. The number of nitrogens with zero attached hydrogens (tertiary/aromatic N) is 1. The number of hydrogen-bond acceptors (Lipinski definition) is 7. The van der Waals surface area contributed by atoms with Crippen molar-refractivity contribution in [3.05, 3.63) is 53.6 Å². The molecule has 7 heteroatoms. The van der Waals surface area contributed by atoms with E-state index in [-0.39, 0.29) is 6.10 Å². The summed E-state index contributed by atoms with van der Waals surface area (Å²) in [5, 5.41) is 12.8. The zero-order chi connectivity index (χ0) is 21.5. The van der Waals surface area contributed by atoms with E-state index >= 15 is 0 Å². The van der Waals surface area contributed by atoms with E-state index in [1.807, 2.05) is 43.3 Å². The monoisotopic (exact) mass is 424 g/mol. The first-order chi connectivity index (χ1) is 15.2. The van der Waals surface area contributed by atoms with Gasteiger partial charge in [-0.2, -0.15) is 5.26 Å². The first kappa shape index (κ1) is 21.6. The van der Waals surface area contributed by atoms with Crippen LogP contribution >= 0.6 is 0 Å². The Balaban J connectivity index is 1.33. The molecule has 7 nitrogen and oxygen atoms in total. The SMILES string of the molecule is CC1(c2ccc(C#N)c(Nc3ccc(OCCOC4CCOCC4)cc3)c2)OCCO1. The van der Waals surface area contributed by atoms with E-state index in [0.717, 1.165) is 43.1 Å². The second-order valence-corrected chi connectivity index (χ2v) is 7.70. The van der Waals surface area contributed by atoms with Crippen molar-refractivity contribution in [2.45, 2.75) is 31.7 Å². The Morgan fingerprint density at radius 3 is 2.48 bits per heavy atom. The van der Waals surface area contributed by atoms with E-state index in [1.54, 1.807) is 6.07 Å². The Bertz CT molecular complexity index is 897. The van der Waals surface area contributed by atoms with Crippen LogP contribution in [0.2, 0.25) is 0 Å². The number of nitriles is 1. The zero-order valence-electron chi connectivity index (χ0n) is 17.8. The van der Waals surface area contributed by atoms with Gasteiger partial charge in [-0.3, -0.25) is 0 Å². The summed E-state index contributed by atoms with van der Waals surface area (Å²) in [7, 11) is 0. The fourth-order valence-electron chi connectivity index (χ4n) is 3.72. The maximum absolute atomic E-state index is 9.48. The van der Waals surface area contributed by atoms with Gasteiger partial charge in [0, 0.05) is 24.5 Å². The highest BCUT2D eigenvalue weighted by Gasteiger charge is 2.33. The Morgan fingerprint density at radius 1 is 1.03 bits per heavy atom. The number of hydrogen-bond donors (Lipinski definition) is 1. The number of rotatable bonds is 8. The highest BCUT2D eigenvalue weighted by atomic mass is 16.7. The molecule has 0 spiro atoms. The van der Waals surface area contributed by atoms with E-state index in [0.29, 0.717) is 37.7 Å². The average Bonchev–Trinajstić information content (AvgIpc) is 3.26. The van der Waals surface area contributed by atoms with Crippen LogP contribution in [0.4, 0.5) is 11.4 Å². The minimum atomic E-state index is -0.783. The van der Waals surface area contributed by atoms with Gasteiger partial charge in [-0.25, -0.2) is 0 Å². The van der Waals surface area contributed by atoms with Gasteiger partial charge in [0.15, 0.2) is 5.79 Å². The van der Waals surface area contributed by atoms with E-state index in [4.69, 9.17) is 23.7 Å². The van der Waals surface area contributed by atoms with Crippen molar-refractivity contribution in [1.29, 1.82) is 5.26 Å². The molecule has 2 heterocycles. The lowest BCUT2D eigenvalue weighted by Crippen LogP contribution is -2.25. The summed E-state index contributed by atoms with van der Waals surface area (Å²) in [5.74, 6) is -0.00915. The number of ether oxygens (including phenoxy) is 5. The summed E-state index contributed by atoms with van der Waals surface area (Å²) >= 11 is 0. The molecule has 0 saturated carbocycles. The predicted octanol–water partition coefficient (Wildman–Crippen LogP) is 4.10. The Hall–Kier alpha value is -2.63. The van der Waals surface area contributed by atoms with Crippen LogP contribution < -0.4 is 10.1 Å². The fourth-order valence-corrected chi connectivity index (χ4v) is 3.72. The Kier molecular flexibility index (Phi) is 7.05. The smallest absolute Gasteiger partial charge is 0.192 e. The van der Waals surface area contributed by atoms with Crippen molar-refractivity contribution >= 4 is 11.4 Å². The average molecular weight is 424 g/mol. The van der Waals surface area contributed by atoms with Crippen LogP contribution in [0.15, 0.2) is 42.5 Å². The molecule has 2 saturated heterocycles. The second-order valence-electron chi connectivity index (χ2n) is 7.70. The molecule has 31 heavy (non-hydrogen) atoms. The largest absolute Gasteiger partial charge is 0.491 e. The molecule has 0 unspecified atom stereocenters. The molecule has 2 fully saturated rings. The summed E-state index contributed by atoms with van der Waals surface area (Å²) in [6.45, 7) is 5.62. The molecule has 164 valence electrons. The molecule has 0 bridgehead atoms. The van der Waals surface area contributed by atoms with Gasteiger partial charge in [0.1, 0.15) is 18.4 Å². The Morgan fingerprint density at radius 2 is 1.77 bits per heavy atom. The lowest BCUT2D eigenvalue weighted by molar-refractivity contribution is -0.149. The van der Waals surface area contributed by atoms with Crippen molar-refractivity contribution < 1.29 is 23.7 Å². The lowest BCUT2D eigenvalue weighted by Gasteiger charge is -2.23. The topological polar surface area (TPSA) is 82.0 Å². The first-order valence-corrected chi connectivity index (χ1v) is 10.7. The highest BCUT2D eigenvalue weighted by Crippen LogP contribution is 2.34. The Labute approximate surface area is 182 Å². The van der Waals surface area contributed by atoms with Crippen LogP contribution in [0, 0.1) is 11.3 Å². The van der Waals surface area contributed by atoms with E-state index in [1.165, 1.54) is 0 Å². The second kappa shape index (κ2) is 10.1. The van der Waals surface area contributed by atoms with Crippen LogP contribution in [0.25, 0.3) is 0 Å². The summed E-state index contributed by atoms with van der Waals surface area (Å²) in [6.07, 6.45) is 2.17. The maximum Gasteiger partial charge on any atom is 0.192 e. The molecule has 0 aliphatic carbocycles. The van der Waals surface area contributed by atoms with Gasteiger partial charge in [-0.15, -0.1) is 0 Å². The fraction of sp³-hybridized carbons (Fsp3) is 0.458. The third-order valence-electron chi connectivity index (χ3n) is 5.51. The van der Waals surface area contributed by atoms with Gasteiger partial charge < -0.3 is 29.0 Å². The first-order valence-electron chi connectivity index (χ1n) is 10.7. The van der Waals surface area contributed by atoms with Crippen molar-refractivity contribution in [2.24, 2.45) is 0 Å². The van der Waals surface area contributed by atoms with E-state index < -0.39 is 5.79 Å². The third-order valence-corrected chi connectivity index (χ3v) is 5.51. The van der Waals surface area contributed by atoms with Gasteiger partial charge in [0.25, 0.3) is 0 Å². The van der Waals surface area contributed by atoms with Crippen molar-refractivity contribution in [3.8, 4) is 11.8 Å². The van der Waals surface area contributed by atoms with Crippen molar-refractivity contribution in [1.82, 2.24) is 0 Å². The molecule has 2 aromatic rings. The molecule has 2 aliphatic rings. The predicted molar refractivity (Wildman–Crippen MR) is 115 cm³/mol. The maximum atomic E-state index is 9.48. The number of benzene rings is 2. The van der Waals surface area contributed by atoms with Crippen LogP contribution in [-0.4, -0.2) is 45.7 Å². The molecular weight excluding hydrogens is 396 g/mol.